The van der Waals surface area contributed by atoms with Crippen molar-refractivity contribution in [2.24, 2.45) is 0 Å². The molecule has 6 heterocycles. The molecule has 36 nitrogen and oxygen atoms in total. The summed E-state index contributed by atoms with van der Waals surface area (Å²) in [4.78, 5) is 115. The molecule has 0 aromatic carbocycles. The molecule has 0 amide bonds. The van der Waals surface area contributed by atoms with Crippen molar-refractivity contribution in [3.63, 3.8) is 0 Å². The molecule has 4 aromatic rings. The Morgan fingerprint density at radius 3 is 1.27 bits per heavy atom. The van der Waals surface area contributed by atoms with E-state index in [0.717, 1.165) is 0 Å². The number of nitrogens with zero attached hydrogens (tertiary/aromatic N) is 6. The van der Waals surface area contributed by atoms with Gasteiger partial charge in [-0.1, -0.05) is 12.2 Å². The number of phosphoric acid groups is 6. The Morgan fingerprint density at radius 1 is 0.625 bits per heavy atom. The van der Waals surface area contributed by atoms with Crippen molar-refractivity contribution in [1.82, 2.24) is 39.0 Å². The molecule has 2 fully saturated rings. The molecule has 2 aliphatic rings. The number of imidazole rings is 2. The molecule has 10 atom stereocenters. The summed E-state index contributed by atoms with van der Waals surface area (Å²) in [6, 6.07) is 0. The van der Waals surface area contributed by atoms with Gasteiger partial charge in [0.15, 0.2) is 22.3 Å². The third-order valence-electron chi connectivity index (χ3n) is 7.52. The van der Waals surface area contributed by atoms with E-state index in [4.69, 9.17) is 50.3 Å². The first-order chi connectivity index (χ1) is 28.3. The van der Waals surface area contributed by atoms with Crippen LogP contribution in [0.4, 0.5) is 11.9 Å². The second kappa shape index (κ2) is 21.7. The summed E-state index contributed by atoms with van der Waals surface area (Å²) in [6.07, 6.45) is -5.84. The minimum atomic E-state index is -5.69. The molecule has 0 saturated carbocycles. The first kappa shape index (κ1) is 57.3. The molecule has 0 aliphatic carbocycles. The van der Waals surface area contributed by atoms with Crippen molar-refractivity contribution >= 4 is 81.2 Å². The first-order valence-corrected chi connectivity index (χ1v) is 25.0. The molecule has 4 aromatic heterocycles. The maximum atomic E-state index is 12.2. The molecule has 2 aliphatic heterocycles. The Morgan fingerprint density at radius 2 is 0.953 bits per heavy atom. The fraction of sp³-hybridized carbons (Fsp3) is 0.500. The molecule has 2 saturated heterocycles. The van der Waals surface area contributed by atoms with Crippen molar-refractivity contribution in [1.29, 1.82) is 0 Å². The summed E-state index contributed by atoms with van der Waals surface area (Å²) in [6.45, 7) is -1.81. The van der Waals surface area contributed by atoms with Gasteiger partial charge in [0.2, 0.25) is 11.9 Å². The SMILES string of the molecule is Nc1nc2c(ncn2C2CC([O-])C(COP(=O)(O)OP(=O)(O)OP(=O)(O)O)O2)c(=O)[nH]1.Nc1nc2c(ncn2C2CC([O-])C(COP(=O)(O)OP(=O)(O)OP(=O)(O)O)O2)c(=O)[nH]1.[Na+].[Na+]. The van der Waals surface area contributed by atoms with E-state index >= 15 is 0 Å². The molecule has 14 N–H and O–H groups in total. The number of rotatable bonds is 16. The van der Waals surface area contributed by atoms with Gasteiger partial charge in [-0.2, -0.15) is 27.2 Å². The number of hydrogen-bond donors (Lipinski definition) is 12. The van der Waals surface area contributed by atoms with Crippen LogP contribution >= 0.6 is 46.9 Å². The number of nitrogen functional groups attached to an aromatic ring is 2. The third kappa shape index (κ3) is 16.0. The maximum Gasteiger partial charge on any atom is 1.00 e. The first-order valence-electron chi connectivity index (χ1n) is 16.0. The molecule has 0 spiro atoms. The van der Waals surface area contributed by atoms with Gasteiger partial charge in [-0.15, -0.1) is 0 Å². The Kier molecular flexibility index (Phi) is 19.4. The van der Waals surface area contributed by atoms with Crippen LogP contribution in [0.1, 0.15) is 25.3 Å². The molecular weight excluding hydrogens is 1030 g/mol. The number of phosphoric ester groups is 2. The van der Waals surface area contributed by atoms with Crippen molar-refractivity contribution in [3.05, 3.63) is 33.4 Å². The molecule has 44 heteroatoms. The molecule has 10 unspecified atom stereocenters. The van der Waals surface area contributed by atoms with Crippen LogP contribution in [-0.2, 0) is 63.2 Å². The van der Waals surface area contributed by atoms with E-state index in [2.05, 4.69) is 56.2 Å². The minimum Gasteiger partial charge on any atom is -0.850 e. The average molecular weight is 1060 g/mol. The zero-order chi connectivity index (χ0) is 46.4. The Bertz CT molecular complexity index is 2540. The van der Waals surface area contributed by atoms with Gasteiger partial charge in [-0.3, -0.25) is 37.7 Å². The van der Waals surface area contributed by atoms with E-state index in [0.29, 0.717) is 0 Å². The van der Waals surface area contributed by atoms with Crippen LogP contribution in [0, 0.1) is 0 Å². The van der Waals surface area contributed by atoms with Gasteiger partial charge in [0.1, 0.15) is 12.5 Å². The quantitative estimate of drug-likeness (QED) is 0.0366. The van der Waals surface area contributed by atoms with Crippen LogP contribution in [0.3, 0.4) is 0 Å². The zero-order valence-electron chi connectivity index (χ0n) is 31.9. The van der Waals surface area contributed by atoms with Gasteiger partial charge >= 0.3 is 106 Å². The van der Waals surface area contributed by atoms with Crippen LogP contribution in [0.15, 0.2) is 22.2 Å². The van der Waals surface area contributed by atoms with E-state index in [1.165, 1.54) is 21.8 Å². The minimum absolute atomic E-state index is 0. The van der Waals surface area contributed by atoms with Crippen LogP contribution in [0.25, 0.3) is 22.3 Å². The van der Waals surface area contributed by atoms with Gasteiger partial charge in [0.25, 0.3) is 11.1 Å². The maximum absolute atomic E-state index is 12.2. The number of ether oxygens (including phenoxy) is 2. The number of H-pyrrole nitrogens is 2. The predicted molar refractivity (Wildman–Crippen MR) is 189 cm³/mol. The molecule has 0 radical (unpaired) electrons. The molecule has 64 heavy (non-hydrogen) atoms. The summed E-state index contributed by atoms with van der Waals surface area (Å²) in [5, 5.41) is 24.5. The summed E-state index contributed by atoms with van der Waals surface area (Å²) >= 11 is 0. The van der Waals surface area contributed by atoms with E-state index in [-0.39, 0.29) is 106 Å². The zero-order valence-corrected chi connectivity index (χ0v) is 41.3. The average Bonchev–Trinajstić information content (AvgIpc) is 3.85. The van der Waals surface area contributed by atoms with Crippen molar-refractivity contribution in [3.8, 4) is 0 Å². The number of aromatic amines is 2. The summed E-state index contributed by atoms with van der Waals surface area (Å²) in [7, 11) is -33.3. The molecular formula is C20H30N10Na2O26P6. The topological polar surface area (TPSA) is 563 Å². The molecule has 0 bridgehead atoms. The Hall–Kier alpha value is -1.04. The van der Waals surface area contributed by atoms with Gasteiger partial charge in [-0.25, -0.2) is 37.4 Å². The van der Waals surface area contributed by atoms with Crippen molar-refractivity contribution in [2.45, 2.75) is 49.7 Å². The van der Waals surface area contributed by atoms with Gasteiger partial charge in [-0.05, 0) is 12.8 Å². The number of aromatic nitrogens is 8. The van der Waals surface area contributed by atoms with Gasteiger partial charge in [0, 0.05) is 0 Å². The fourth-order valence-electron chi connectivity index (χ4n) is 5.29. The normalized spacial score (nSPS) is 25.2. The third-order valence-corrected chi connectivity index (χ3v) is 15.1. The summed E-state index contributed by atoms with van der Waals surface area (Å²) < 4.78 is 104. The van der Waals surface area contributed by atoms with Crippen LogP contribution in [-0.4, -0.2) is 116 Å². The smallest absolute Gasteiger partial charge is 0.850 e. The monoisotopic (exact) mass is 1060 g/mol. The molecule has 348 valence electrons. The van der Waals surface area contributed by atoms with Crippen molar-refractivity contribution in [2.75, 3.05) is 24.7 Å². The van der Waals surface area contributed by atoms with Gasteiger partial charge < -0.3 is 70.3 Å². The van der Waals surface area contributed by atoms with Crippen molar-refractivity contribution < 1.29 is 172 Å². The predicted octanol–water partition coefficient (Wildman–Crippen LogP) is -9.87. The van der Waals surface area contributed by atoms with E-state index in [9.17, 15) is 57.0 Å². The number of fused-ring (bicyclic) bond motifs is 2. The second-order valence-electron chi connectivity index (χ2n) is 12.1. The Balaban J connectivity index is 0.000000330. The standard InChI is InChI=1S/2C10H15N5O13P3.2Na/c2*11-10-13-8-7(9(17)14-10)12-3-15(8)6-1-4(16)5(26-6)2-25-30(21,22)28-31(23,24)27-29(18,19)20;;/h2*3-6H,1-2H2,(H,21,22)(H,23,24)(H2,18,19,20)(H3,11,13,14,17);;/q2*-1;2*+1. The van der Waals surface area contributed by atoms with E-state index in [1.54, 1.807) is 0 Å². The number of nitrogens with one attached hydrogen (secondary N) is 2. The van der Waals surface area contributed by atoms with Crippen LogP contribution in [0.5, 0.6) is 0 Å². The van der Waals surface area contributed by atoms with E-state index < -0.39 is 108 Å². The Labute approximate surface area is 397 Å². The summed E-state index contributed by atoms with van der Waals surface area (Å²) in [5.41, 5.74) is 9.62. The number of hydrogen-bond acceptors (Lipinski definition) is 24. The molecule has 6 rings (SSSR count). The van der Waals surface area contributed by atoms with Crippen LogP contribution in [0.2, 0.25) is 0 Å². The largest absolute Gasteiger partial charge is 1.00 e. The number of anilines is 2. The number of nitrogens with two attached hydrogens (primary N) is 2. The summed E-state index contributed by atoms with van der Waals surface area (Å²) in [5.74, 6) is -0.416. The fourth-order valence-corrected chi connectivity index (χ4v) is 11.4. The second-order valence-corrected chi connectivity index (χ2v) is 21.0. The van der Waals surface area contributed by atoms with E-state index in [1.807, 2.05) is 0 Å². The van der Waals surface area contributed by atoms with Crippen LogP contribution < -0.4 is 91.9 Å². The van der Waals surface area contributed by atoms with Gasteiger partial charge in [0.05, 0.1) is 38.1 Å².